The summed E-state index contributed by atoms with van der Waals surface area (Å²) in [6, 6.07) is 14.8. The normalized spacial score (nSPS) is 12.8. The van der Waals surface area contributed by atoms with Gasteiger partial charge < -0.3 is 10.7 Å². The Hall–Kier alpha value is -1.58. The highest BCUT2D eigenvalue weighted by Crippen LogP contribution is 2.28. The first-order valence-corrected chi connectivity index (χ1v) is 7.93. The van der Waals surface area contributed by atoms with Crippen molar-refractivity contribution in [3.63, 3.8) is 0 Å². The van der Waals surface area contributed by atoms with Gasteiger partial charge in [-0.3, -0.25) is 0 Å². The molecule has 0 fully saturated rings. The Morgan fingerprint density at radius 1 is 1.10 bits per heavy atom. The molecule has 2 aromatic carbocycles. The molecule has 0 aliphatic heterocycles. The molecular formula is C18H19BrN2. The SMILES string of the molecule is Cc1ccc(C(N)Cc2c(C)[nH]c3ccc(Br)cc23)cc1. The lowest BCUT2D eigenvalue weighted by Crippen LogP contribution is -2.13. The number of nitrogens with two attached hydrogens (primary N) is 1. The number of hydrogen-bond acceptors (Lipinski definition) is 1. The molecule has 0 aliphatic carbocycles. The van der Waals surface area contributed by atoms with Gasteiger partial charge in [-0.1, -0.05) is 45.8 Å². The summed E-state index contributed by atoms with van der Waals surface area (Å²) < 4.78 is 1.10. The molecule has 0 saturated carbocycles. The second kappa shape index (κ2) is 5.66. The monoisotopic (exact) mass is 342 g/mol. The summed E-state index contributed by atoms with van der Waals surface area (Å²) in [7, 11) is 0. The van der Waals surface area contributed by atoms with Crippen molar-refractivity contribution in [1.82, 2.24) is 4.98 Å². The van der Waals surface area contributed by atoms with Crippen LogP contribution in [0.5, 0.6) is 0 Å². The number of aromatic amines is 1. The third-order valence-corrected chi connectivity index (χ3v) is 4.50. The Labute approximate surface area is 133 Å². The number of aryl methyl sites for hydroxylation is 2. The predicted molar refractivity (Wildman–Crippen MR) is 92.5 cm³/mol. The highest BCUT2D eigenvalue weighted by atomic mass is 79.9. The zero-order valence-electron chi connectivity index (χ0n) is 12.3. The maximum Gasteiger partial charge on any atom is 0.0459 e. The van der Waals surface area contributed by atoms with Gasteiger partial charge in [0.1, 0.15) is 0 Å². The molecule has 0 radical (unpaired) electrons. The molecule has 0 bridgehead atoms. The van der Waals surface area contributed by atoms with Crippen molar-refractivity contribution in [3.05, 3.63) is 69.3 Å². The van der Waals surface area contributed by atoms with Gasteiger partial charge in [-0.25, -0.2) is 0 Å². The summed E-state index contributed by atoms with van der Waals surface area (Å²) in [6.45, 7) is 4.21. The first kappa shape index (κ1) is 14.4. The minimum Gasteiger partial charge on any atom is -0.358 e. The Kier molecular flexibility index (Phi) is 3.87. The molecule has 3 heteroatoms. The molecule has 21 heavy (non-hydrogen) atoms. The van der Waals surface area contributed by atoms with Crippen LogP contribution in [0, 0.1) is 13.8 Å². The number of rotatable bonds is 3. The molecule has 0 aliphatic rings. The standard InChI is InChI=1S/C18H19BrN2/c1-11-3-5-13(6-4-11)17(20)10-15-12(2)21-18-8-7-14(19)9-16(15)18/h3-9,17,21H,10,20H2,1-2H3. The van der Waals surface area contributed by atoms with Crippen LogP contribution in [0.25, 0.3) is 10.9 Å². The highest BCUT2D eigenvalue weighted by Gasteiger charge is 2.14. The van der Waals surface area contributed by atoms with Gasteiger partial charge in [0.25, 0.3) is 0 Å². The molecule has 3 rings (SSSR count). The second-order valence-corrected chi connectivity index (χ2v) is 6.56. The fraction of sp³-hybridized carbons (Fsp3) is 0.222. The molecule has 1 unspecified atom stereocenters. The van der Waals surface area contributed by atoms with Crippen LogP contribution in [0.4, 0.5) is 0 Å². The molecule has 1 atom stereocenters. The van der Waals surface area contributed by atoms with Crippen molar-refractivity contribution in [2.75, 3.05) is 0 Å². The van der Waals surface area contributed by atoms with Crippen LogP contribution in [0.1, 0.15) is 28.4 Å². The Morgan fingerprint density at radius 3 is 2.52 bits per heavy atom. The molecule has 0 amide bonds. The first-order chi connectivity index (χ1) is 10.0. The van der Waals surface area contributed by atoms with Crippen LogP contribution in [0.3, 0.4) is 0 Å². The largest absolute Gasteiger partial charge is 0.358 e. The Bertz CT molecular complexity index is 772. The average molecular weight is 343 g/mol. The van der Waals surface area contributed by atoms with Crippen LogP contribution in [0.15, 0.2) is 46.9 Å². The molecule has 0 spiro atoms. The van der Waals surface area contributed by atoms with Gasteiger partial charge in [0.15, 0.2) is 0 Å². The number of aromatic nitrogens is 1. The lowest BCUT2D eigenvalue weighted by atomic mass is 9.97. The molecule has 0 saturated heterocycles. The van der Waals surface area contributed by atoms with E-state index in [-0.39, 0.29) is 6.04 Å². The van der Waals surface area contributed by atoms with Crippen molar-refractivity contribution in [3.8, 4) is 0 Å². The van der Waals surface area contributed by atoms with Crippen LogP contribution in [-0.2, 0) is 6.42 Å². The van der Waals surface area contributed by atoms with E-state index in [4.69, 9.17) is 5.73 Å². The lowest BCUT2D eigenvalue weighted by molar-refractivity contribution is 0.721. The zero-order valence-corrected chi connectivity index (χ0v) is 13.9. The minimum absolute atomic E-state index is 0.0160. The molecular weight excluding hydrogens is 324 g/mol. The number of fused-ring (bicyclic) bond motifs is 1. The van der Waals surface area contributed by atoms with Crippen molar-refractivity contribution in [1.29, 1.82) is 0 Å². The van der Waals surface area contributed by atoms with E-state index in [9.17, 15) is 0 Å². The number of halogens is 1. The van der Waals surface area contributed by atoms with Crippen LogP contribution < -0.4 is 5.73 Å². The van der Waals surface area contributed by atoms with Gasteiger partial charge >= 0.3 is 0 Å². The maximum absolute atomic E-state index is 6.41. The van der Waals surface area contributed by atoms with E-state index in [2.05, 4.69) is 77.2 Å². The summed E-state index contributed by atoms with van der Waals surface area (Å²) in [5.41, 5.74) is 12.5. The minimum atomic E-state index is 0.0160. The number of nitrogens with one attached hydrogen (secondary N) is 1. The van der Waals surface area contributed by atoms with E-state index in [0.29, 0.717) is 0 Å². The third-order valence-electron chi connectivity index (χ3n) is 4.01. The summed E-state index contributed by atoms with van der Waals surface area (Å²) >= 11 is 3.55. The maximum atomic E-state index is 6.41. The molecule has 108 valence electrons. The molecule has 3 N–H and O–H groups in total. The van der Waals surface area contributed by atoms with Gasteiger partial charge in [-0.15, -0.1) is 0 Å². The second-order valence-electron chi connectivity index (χ2n) is 5.64. The van der Waals surface area contributed by atoms with Gasteiger partial charge in [0.05, 0.1) is 0 Å². The molecule has 3 aromatic rings. The van der Waals surface area contributed by atoms with Gasteiger partial charge in [-0.2, -0.15) is 0 Å². The predicted octanol–water partition coefficient (Wildman–Crippen LogP) is 4.79. The number of hydrogen-bond donors (Lipinski definition) is 2. The number of H-pyrrole nitrogens is 1. The average Bonchev–Trinajstić information content (AvgIpc) is 2.76. The van der Waals surface area contributed by atoms with Crippen molar-refractivity contribution < 1.29 is 0 Å². The Morgan fingerprint density at radius 2 is 1.81 bits per heavy atom. The topological polar surface area (TPSA) is 41.8 Å². The summed E-state index contributed by atoms with van der Waals surface area (Å²) in [5.74, 6) is 0. The first-order valence-electron chi connectivity index (χ1n) is 7.13. The van der Waals surface area contributed by atoms with Gasteiger partial charge in [0.2, 0.25) is 0 Å². The van der Waals surface area contributed by atoms with Crippen LogP contribution >= 0.6 is 15.9 Å². The highest BCUT2D eigenvalue weighted by molar-refractivity contribution is 9.10. The third kappa shape index (κ3) is 2.89. The summed E-state index contributed by atoms with van der Waals surface area (Å²) in [4.78, 5) is 3.44. The van der Waals surface area contributed by atoms with E-state index in [0.717, 1.165) is 10.9 Å². The molecule has 1 aromatic heterocycles. The molecule has 1 heterocycles. The van der Waals surface area contributed by atoms with Crippen molar-refractivity contribution >= 4 is 26.8 Å². The summed E-state index contributed by atoms with van der Waals surface area (Å²) in [6.07, 6.45) is 0.839. The van der Waals surface area contributed by atoms with Crippen molar-refractivity contribution in [2.24, 2.45) is 5.73 Å². The summed E-state index contributed by atoms with van der Waals surface area (Å²) in [5, 5.41) is 1.25. The number of benzene rings is 2. The van der Waals surface area contributed by atoms with Gasteiger partial charge in [0, 0.05) is 27.1 Å². The lowest BCUT2D eigenvalue weighted by Gasteiger charge is -2.13. The smallest absolute Gasteiger partial charge is 0.0459 e. The quantitative estimate of drug-likeness (QED) is 0.705. The molecule has 2 nitrogen and oxygen atoms in total. The zero-order chi connectivity index (χ0) is 15.0. The van der Waals surface area contributed by atoms with Gasteiger partial charge in [-0.05, 0) is 49.6 Å². The fourth-order valence-electron chi connectivity index (χ4n) is 2.77. The Balaban J connectivity index is 1.95. The van der Waals surface area contributed by atoms with E-state index < -0.39 is 0 Å². The van der Waals surface area contributed by atoms with E-state index in [1.807, 2.05) is 0 Å². The van der Waals surface area contributed by atoms with E-state index in [1.54, 1.807) is 0 Å². The van der Waals surface area contributed by atoms with Crippen molar-refractivity contribution in [2.45, 2.75) is 26.3 Å². The van der Waals surface area contributed by atoms with E-state index >= 15 is 0 Å². The van der Waals surface area contributed by atoms with Crippen LogP contribution in [-0.4, -0.2) is 4.98 Å². The van der Waals surface area contributed by atoms with E-state index in [1.165, 1.54) is 33.3 Å². The fourth-order valence-corrected chi connectivity index (χ4v) is 3.13. The van der Waals surface area contributed by atoms with Crippen LogP contribution in [0.2, 0.25) is 0 Å².